The standard InChI is InChI=1S/C22H22Cl2N4O3/c23-16-12-18-21(19(24)13-16)25-15-28(22(18)30)14-20(29)27-8-6-26(7-9-27)10-11-31-17-4-2-1-3-5-17/h1-5,12-13,15H,6-11,14H2. The highest BCUT2D eigenvalue weighted by molar-refractivity contribution is 6.38. The molecule has 0 bridgehead atoms. The van der Waals surface area contributed by atoms with Crippen molar-refractivity contribution in [2.45, 2.75) is 6.54 Å². The molecule has 0 saturated carbocycles. The fraction of sp³-hybridized carbons (Fsp3) is 0.318. The average molecular weight is 461 g/mol. The lowest BCUT2D eigenvalue weighted by atomic mass is 10.2. The summed E-state index contributed by atoms with van der Waals surface area (Å²) in [5, 5.41) is 0.967. The smallest absolute Gasteiger partial charge is 0.261 e. The summed E-state index contributed by atoms with van der Waals surface area (Å²) in [6.45, 7) is 4.08. The molecular weight excluding hydrogens is 439 g/mol. The number of hydrogen-bond acceptors (Lipinski definition) is 5. The molecule has 0 radical (unpaired) electrons. The molecule has 1 aliphatic rings. The first-order valence-corrected chi connectivity index (χ1v) is 10.8. The lowest BCUT2D eigenvalue weighted by Gasteiger charge is -2.34. The molecule has 7 nitrogen and oxygen atoms in total. The molecule has 0 N–H and O–H groups in total. The molecule has 0 unspecified atom stereocenters. The number of benzene rings is 2. The number of piperazine rings is 1. The zero-order chi connectivity index (χ0) is 21.8. The van der Waals surface area contributed by atoms with E-state index in [4.69, 9.17) is 27.9 Å². The number of fused-ring (bicyclic) bond motifs is 1. The van der Waals surface area contributed by atoms with E-state index in [0.717, 1.165) is 25.4 Å². The van der Waals surface area contributed by atoms with Gasteiger partial charge in [-0.3, -0.25) is 19.1 Å². The highest BCUT2D eigenvalue weighted by Crippen LogP contribution is 2.24. The highest BCUT2D eigenvalue weighted by atomic mass is 35.5. The first-order valence-electron chi connectivity index (χ1n) is 10.0. The summed E-state index contributed by atoms with van der Waals surface area (Å²) >= 11 is 12.1. The van der Waals surface area contributed by atoms with Crippen LogP contribution in [0.4, 0.5) is 0 Å². The van der Waals surface area contributed by atoms with Gasteiger partial charge in [0, 0.05) is 37.7 Å². The van der Waals surface area contributed by atoms with E-state index in [1.807, 2.05) is 30.3 Å². The first kappa shape index (κ1) is 21.6. The number of aromatic nitrogens is 2. The van der Waals surface area contributed by atoms with Crippen molar-refractivity contribution in [1.82, 2.24) is 19.4 Å². The third-order valence-electron chi connectivity index (χ3n) is 5.30. The second-order valence-electron chi connectivity index (χ2n) is 7.35. The van der Waals surface area contributed by atoms with Crippen LogP contribution >= 0.6 is 23.2 Å². The van der Waals surface area contributed by atoms with E-state index in [0.29, 0.717) is 40.6 Å². The molecule has 3 aromatic rings. The predicted octanol–water partition coefficient (Wildman–Crippen LogP) is 2.93. The van der Waals surface area contributed by atoms with Crippen LogP contribution in [-0.4, -0.2) is 64.6 Å². The van der Waals surface area contributed by atoms with Gasteiger partial charge in [0.25, 0.3) is 5.56 Å². The van der Waals surface area contributed by atoms with E-state index in [1.165, 1.54) is 23.0 Å². The summed E-state index contributed by atoms with van der Waals surface area (Å²) in [5.74, 6) is 0.741. The Labute approximate surface area is 189 Å². The van der Waals surface area contributed by atoms with Gasteiger partial charge in [0.05, 0.1) is 22.3 Å². The maximum atomic E-state index is 12.8. The summed E-state index contributed by atoms with van der Waals surface area (Å²) in [4.78, 5) is 33.8. The summed E-state index contributed by atoms with van der Waals surface area (Å²) in [6, 6.07) is 12.8. The van der Waals surface area contributed by atoms with Crippen LogP contribution in [0.1, 0.15) is 0 Å². The Balaban J connectivity index is 1.31. The third kappa shape index (κ3) is 5.18. The lowest BCUT2D eigenvalue weighted by Crippen LogP contribution is -2.50. The summed E-state index contributed by atoms with van der Waals surface area (Å²) in [7, 11) is 0. The fourth-order valence-corrected chi connectivity index (χ4v) is 4.13. The fourth-order valence-electron chi connectivity index (χ4n) is 3.58. The van der Waals surface area contributed by atoms with E-state index in [9.17, 15) is 9.59 Å². The minimum atomic E-state index is -0.334. The molecule has 1 aliphatic heterocycles. The van der Waals surface area contributed by atoms with Crippen molar-refractivity contribution in [3.8, 4) is 5.75 Å². The molecule has 1 aromatic heterocycles. The number of carbonyl (C=O) groups is 1. The number of halogens is 2. The van der Waals surface area contributed by atoms with Gasteiger partial charge in [-0.15, -0.1) is 0 Å². The quantitative estimate of drug-likeness (QED) is 0.565. The van der Waals surface area contributed by atoms with Crippen LogP contribution in [0.2, 0.25) is 10.0 Å². The molecular formula is C22H22Cl2N4O3. The molecule has 2 heterocycles. The van der Waals surface area contributed by atoms with Crippen molar-refractivity contribution >= 4 is 40.0 Å². The topological polar surface area (TPSA) is 67.7 Å². The SMILES string of the molecule is O=C(Cn1cnc2c(Cl)cc(Cl)cc2c1=O)N1CCN(CCOc2ccccc2)CC1. The second-order valence-corrected chi connectivity index (χ2v) is 8.19. The van der Waals surface area contributed by atoms with Gasteiger partial charge in [-0.2, -0.15) is 0 Å². The normalized spacial score (nSPS) is 14.7. The lowest BCUT2D eigenvalue weighted by molar-refractivity contribution is -0.133. The number of para-hydroxylation sites is 1. The van der Waals surface area contributed by atoms with Crippen LogP contribution in [0.3, 0.4) is 0 Å². The number of hydrogen-bond donors (Lipinski definition) is 0. The van der Waals surface area contributed by atoms with E-state index < -0.39 is 0 Å². The monoisotopic (exact) mass is 460 g/mol. The molecule has 4 rings (SSSR count). The zero-order valence-corrected chi connectivity index (χ0v) is 18.3. The number of ether oxygens (including phenoxy) is 1. The highest BCUT2D eigenvalue weighted by Gasteiger charge is 2.22. The maximum Gasteiger partial charge on any atom is 0.261 e. The Hall–Kier alpha value is -2.61. The van der Waals surface area contributed by atoms with Gasteiger partial charge < -0.3 is 9.64 Å². The van der Waals surface area contributed by atoms with Crippen molar-refractivity contribution in [3.05, 3.63) is 69.2 Å². The van der Waals surface area contributed by atoms with Crippen molar-refractivity contribution < 1.29 is 9.53 Å². The van der Waals surface area contributed by atoms with E-state index >= 15 is 0 Å². The summed E-state index contributed by atoms with van der Waals surface area (Å²) < 4.78 is 7.04. The number of carbonyl (C=O) groups excluding carboxylic acids is 1. The third-order valence-corrected chi connectivity index (χ3v) is 5.80. The van der Waals surface area contributed by atoms with Crippen LogP contribution in [0.15, 0.2) is 53.6 Å². The van der Waals surface area contributed by atoms with Crippen LogP contribution in [-0.2, 0) is 11.3 Å². The predicted molar refractivity (Wildman–Crippen MR) is 121 cm³/mol. The Morgan fingerprint density at radius 1 is 1.06 bits per heavy atom. The van der Waals surface area contributed by atoms with Gasteiger partial charge in [-0.1, -0.05) is 41.4 Å². The summed E-state index contributed by atoms with van der Waals surface area (Å²) in [6.07, 6.45) is 1.36. The number of nitrogens with zero attached hydrogens (tertiary/aromatic N) is 4. The molecule has 0 spiro atoms. The van der Waals surface area contributed by atoms with Crippen LogP contribution < -0.4 is 10.3 Å². The van der Waals surface area contributed by atoms with Crippen molar-refractivity contribution in [2.75, 3.05) is 39.3 Å². The van der Waals surface area contributed by atoms with Crippen molar-refractivity contribution in [2.24, 2.45) is 0 Å². The van der Waals surface area contributed by atoms with Gasteiger partial charge in [-0.05, 0) is 24.3 Å². The van der Waals surface area contributed by atoms with E-state index in [-0.39, 0.29) is 18.0 Å². The first-order chi connectivity index (χ1) is 15.0. The average Bonchev–Trinajstić information content (AvgIpc) is 2.77. The van der Waals surface area contributed by atoms with Crippen LogP contribution in [0.5, 0.6) is 5.75 Å². The van der Waals surface area contributed by atoms with Crippen LogP contribution in [0, 0.1) is 0 Å². The molecule has 1 saturated heterocycles. The van der Waals surface area contributed by atoms with Crippen LogP contribution in [0.25, 0.3) is 10.9 Å². The Morgan fingerprint density at radius 3 is 2.55 bits per heavy atom. The Bertz CT molecular complexity index is 1130. The molecule has 2 aromatic carbocycles. The molecule has 0 atom stereocenters. The zero-order valence-electron chi connectivity index (χ0n) is 16.8. The summed E-state index contributed by atoms with van der Waals surface area (Å²) in [5.41, 5.74) is 0.0468. The largest absolute Gasteiger partial charge is 0.492 e. The Kier molecular flexibility index (Phi) is 6.75. The minimum absolute atomic E-state index is 0.0664. The maximum absolute atomic E-state index is 12.8. The minimum Gasteiger partial charge on any atom is -0.492 e. The number of rotatable bonds is 6. The van der Waals surface area contributed by atoms with Gasteiger partial charge in [0.15, 0.2) is 0 Å². The van der Waals surface area contributed by atoms with Crippen molar-refractivity contribution in [3.63, 3.8) is 0 Å². The molecule has 1 amide bonds. The molecule has 0 aliphatic carbocycles. The molecule has 31 heavy (non-hydrogen) atoms. The van der Waals surface area contributed by atoms with Gasteiger partial charge in [0.2, 0.25) is 5.91 Å². The Morgan fingerprint density at radius 2 is 1.81 bits per heavy atom. The van der Waals surface area contributed by atoms with Gasteiger partial charge >= 0.3 is 0 Å². The van der Waals surface area contributed by atoms with Gasteiger partial charge in [0.1, 0.15) is 18.9 Å². The van der Waals surface area contributed by atoms with E-state index in [1.54, 1.807) is 4.90 Å². The van der Waals surface area contributed by atoms with E-state index in [2.05, 4.69) is 9.88 Å². The molecule has 9 heteroatoms. The molecule has 162 valence electrons. The van der Waals surface area contributed by atoms with Gasteiger partial charge in [-0.25, -0.2) is 4.98 Å². The second kappa shape index (κ2) is 9.68. The number of amides is 1. The van der Waals surface area contributed by atoms with Crippen molar-refractivity contribution in [1.29, 1.82) is 0 Å². The molecule has 1 fully saturated rings.